The molecule has 2 rings (SSSR count). The maximum absolute atomic E-state index is 11.9. The molecule has 21 heavy (non-hydrogen) atoms. The molecule has 0 spiro atoms. The van der Waals surface area contributed by atoms with Gasteiger partial charge in [0.1, 0.15) is 11.0 Å². The molecule has 0 radical (unpaired) electrons. The van der Waals surface area contributed by atoms with E-state index in [4.69, 9.17) is 15.0 Å². The van der Waals surface area contributed by atoms with Crippen molar-refractivity contribution in [2.24, 2.45) is 5.14 Å². The number of primary sulfonamides is 1. The van der Waals surface area contributed by atoms with Gasteiger partial charge in [0.25, 0.3) is 0 Å². The highest BCUT2D eigenvalue weighted by molar-refractivity contribution is 7.89. The number of benzene rings is 1. The number of carbonyl (C=O) groups is 2. The molecule has 1 saturated heterocycles. The molecule has 8 nitrogen and oxygen atoms in total. The fraction of sp³-hybridized carbons (Fsp3) is 0.333. The molecular weight excluding hydrogens is 300 g/mol. The predicted molar refractivity (Wildman–Crippen MR) is 73.8 cm³/mol. The molecule has 114 valence electrons. The second kappa shape index (κ2) is 5.34. The van der Waals surface area contributed by atoms with E-state index in [2.05, 4.69) is 0 Å². The molecule has 0 saturated carbocycles. The van der Waals surface area contributed by atoms with Gasteiger partial charge < -0.3 is 14.7 Å². The number of ether oxygens (including phenoxy) is 1. The van der Waals surface area contributed by atoms with Crippen LogP contribution in [-0.2, 0) is 14.8 Å². The zero-order valence-corrected chi connectivity index (χ0v) is 12.0. The Kier molecular flexibility index (Phi) is 3.88. The van der Waals surface area contributed by atoms with Gasteiger partial charge in [-0.05, 0) is 12.1 Å². The van der Waals surface area contributed by atoms with E-state index >= 15 is 0 Å². The number of nitrogens with two attached hydrogens (primary N) is 1. The molecule has 1 heterocycles. The van der Waals surface area contributed by atoms with Crippen molar-refractivity contribution in [3.8, 4) is 5.75 Å². The summed E-state index contributed by atoms with van der Waals surface area (Å²) in [5.41, 5.74) is 0.208. The maximum Gasteiger partial charge on any atom is 0.335 e. The lowest BCUT2D eigenvalue weighted by molar-refractivity contribution is -0.117. The number of carboxylic acids is 1. The van der Waals surface area contributed by atoms with Gasteiger partial charge in [-0.2, -0.15) is 0 Å². The van der Waals surface area contributed by atoms with Crippen LogP contribution in [0, 0.1) is 0 Å². The Bertz CT molecular complexity index is 700. The number of hydrogen-bond donors (Lipinski definition) is 2. The van der Waals surface area contributed by atoms with Gasteiger partial charge in [-0.25, -0.2) is 18.4 Å². The molecule has 0 bridgehead atoms. The summed E-state index contributed by atoms with van der Waals surface area (Å²) in [6, 6.07) is 4.06. The SMILES string of the molecule is COc1cc(C(=O)O)cc(N2CC(S(N)(=O)=O)CC2=O)c1. The number of nitrogens with zero attached hydrogens (tertiary/aromatic N) is 1. The first-order chi connectivity index (χ1) is 9.72. The smallest absolute Gasteiger partial charge is 0.335 e. The summed E-state index contributed by atoms with van der Waals surface area (Å²) < 4.78 is 27.7. The Balaban J connectivity index is 2.40. The highest BCUT2D eigenvalue weighted by Gasteiger charge is 2.37. The lowest BCUT2D eigenvalue weighted by Gasteiger charge is -2.18. The predicted octanol–water partition coefficient (Wildman–Crippen LogP) is -0.213. The first-order valence-corrected chi connectivity index (χ1v) is 7.57. The molecule has 1 aliphatic heterocycles. The van der Waals surface area contributed by atoms with Crippen molar-refractivity contribution in [2.45, 2.75) is 11.7 Å². The fourth-order valence-electron chi connectivity index (χ4n) is 2.12. The molecule has 3 N–H and O–H groups in total. The second-order valence-corrected chi connectivity index (χ2v) is 6.49. The molecule has 9 heteroatoms. The van der Waals surface area contributed by atoms with Crippen LogP contribution in [0.3, 0.4) is 0 Å². The van der Waals surface area contributed by atoms with Crippen LogP contribution in [0.1, 0.15) is 16.8 Å². The lowest BCUT2D eigenvalue weighted by Crippen LogP contribution is -2.32. The quantitative estimate of drug-likeness (QED) is 0.791. The van der Waals surface area contributed by atoms with Gasteiger partial charge in [0, 0.05) is 24.7 Å². The monoisotopic (exact) mass is 314 g/mol. The third-order valence-electron chi connectivity index (χ3n) is 3.24. The van der Waals surface area contributed by atoms with Gasteiger partial charge in [0.15, 0.2) is 0 Å². The van der Waals surface area contributed by atoms with Crippen LogP contribution < -0.4 is 14.8 Å². The summed E-state index contributed by atoms with van der Waals surface area (Å²) in [6.07, 6.45) is -0.224. The van der Waals surface area contributed by atoms with Gasteiger partial charge >= 0.3 is 5.97 Å². The Hall–Kier alpha value is -2.13. The molecule has 1 aromatic carbocycles. The second-order valence-electron chi connectivity index (χ2n) is 4.64. The highest BCUT2D eigenvalue weighted by Crippen LogP contribution is 2.29. The number of rotatable bonds is 4. The third kappa shape index (κ3) is 3.14. The first-order valence-electron chi connectivity index (χ1n) is 5.96. The van der Waals surface area contributed by atoms with Gasteiger partial charge in [0.2, 0.25) is 15.9 Å². The first kappa shape index (κ1) is 15.3. The van der Waals surface area contributed by atoms with Crippen molar-refractivity contribution in [2.75, 3.05) is 18.6 Å². The number of methoxy groups -OCH3 is 1. The van der Waals surface area contributed by atoms with E-state index in [9.17, 15) is 18.0 Å². The Morgan fingerprint density at radius 2 is 2.10 bits per heavy atom. The number of carbonyl (C=O) groups excluding carboxylic acids is 1. The zero-order valence-electron chi connectivity index (χ0n) is 11.1. The van der Waals surface area contributed by atoms with E-state index in [1.54, 1.807) is 0 Å². The average Bonchev–Trinajstić information content (AvgIpc) is 2.80. The van der Waals surface area contributed by atoms with Crippen LogP contribution in [0.15, 0.2) is 18.2 Å². The minimum Gasteiger partial charge on any atom is -0.497 e. The summed E-state index contributed by atoms with van der Waals surface area (Å²) in [4.78, 5) is 24.2. The van der Waals surface area contributed by atoms with E-state index in [-0.39, 0.29) is 30.0 Å². The van der Waals surface area contributed by atoms with E-state index in [0.717, 1.165) is 0 Å². The number of sulfonamides is 1. The van der Waals surface area contributed by atoms with Gasteiger partial charge in [-0.15, -0.1) is 0 Å². The van der Waals surface area contributed by atoms with Crippen molar-refractivity contribution < 1.29 is 27.9 Å². The van der Waals surface area contributed by atoms with Crippen molar-refractivity contribution >= 4 is 27.6 Å². The molecule has 1 atom stereocenters. The van der Waals surface area contributed by atoms with E-state index in [1.807, 2.05) is 0 Å². The summed E-state index contributed by atoms with van der Waals surface area (Å²) in [7, 11) is -2.46. The van der Waals surface area contributed by atoms with Crippen molar-refractivity contribution in [1.82, 2.24) is 0 Å². The molecule has 0 aliphatic carbocycles. The van der Waals surface area contributed by atoms with Gasteiger partial charge in [0.05, 0.1) is 12.7 Å². The number of hydrogen-bond acceptors (Lipinski definition) is 5. The maximum atomic E-state index is 11.9. The van der Waals surface area contributed by atoms with E-state index < -0.39 is 27.1 Å². The standard InChI is InChI=1S/C12H14N2O6S/c1-20-9-3-7(12(16)17)2-8(4-9)14-6-10(5-11(14)15)21(13,18)19/h2-4,10H,5-6H2,1H3,(H,16,17)(H2,13,18,19). The number of amides is 1. The Labute approximate surface area is 121 Å². The molecule has 0 aromatic heterocycles. The number of anilines is 1. The fourth-order valence-corrected chi connectivity index (χ4v) is 2.86. The van der Waals surface area contributed by atoms with Crippen LogP contribution in [-0.4, -0.2) is 44.3 Å². The van der Waals surface area contributed by atoms with Gasteiger partial charge in [-0.3, -0.25) is 4.79 Å². The minimum atomic E-state index is -3.83. The molecule has 1 fully saturated rings. The van der Waals surface area contributed by atoms with Gasteiger partial charge in [-0.1, -0.05) is 0 Å². The summed E-state index contributed by atoms with van der Waals surface area (Å²) in [5.74, 6) is -1.35. The Morgan fingerprint density at radius 1 is 1.43 bits per heavy atom. The Morgan fingerprint density at radius 3 is 2.57 bits per heavy atom. The largest absolute Gasteiger partial charge is 0.497 e. The van der Waals surface area contributed by atoms with Crippen LogP contribution >= 0.6 is 0 Å². The van der Waals surface area contributed by atoms with Crippen LogP contribution in [0.2, 0.25) is 0 Å². The number of carboxylic acid groups (broad SMARTS) is 1. The van der Waals surface area contributed by atoms with Crippen LogP contribution in [0.25, 0.3) is 0 Å². The normalized spacial score (nSPS) is 18.9. The molecule has 1 unspecified atom stereocenters. The number of aromatic carboxylic acids is 1. The summed E-state index contributed by atoms with van der Waals surface area (Å²) in [5, 5.41) is 13.1. The summed E-state index contributed by atoms with van der Waals surface area (Å²) >= 11 is 0. The molecule has 1 aromatic rings. The average molecular weight is 314 g/mol. The van der Waals surface area contributed by atoms with Crippen LogP contribution in [0.5, 0.6) is 5.75 Å². The topological polar surface area (TPSA) is 127 Å². The van der Waals surface area contributed by atoms with Crippen molar-refractivity contribution in [3.63, 3.8) is 0 Å². The van der Waals surface area contributed by atoms with E-state index in [0.29, 0.717) is 0 Å². The molecule has 1 aliphatic rings. The lowest BCUT2D eigenvalue weighted by atomic mass is 10.1. The highest BCUT2D eigenvalue weighted by atomic mass is 32.2. The third-order valence-corrected chi connectivity index (χ3v) is 4.48. The van der Waals surface area contributed by atoms with Crippen LogP contribution in [0.4, 0.5) is 5.69 Å². The van der Waals surface area contributed by atoms with Crippen molar-refractivity contribution in [3.05, 3.63) is 23.8 Å². The van der Waals surface area contributed by atoms with Crippen molar-refractivity contribution in [1.29, 1.82) is 0 Å². The summed E-state index contributed by atoms with van der Waals surface area (Å²) in [6.45, 7) is -0.107. The van der Waals surface area contributed by atoms with E-state index in [1.165, 1.54) is 30.2 Å². The molecule has 1 amide bonds. The minimum absolute atomic E-state index is 0.0591. The zero-order chi connectivity index (χ0) is 15.8. The molecular formula is C12H14N2O6S.